The first-order valence-electron chi connectivity index (χ1n) is 47.4. The fraction of sp³-hybridized carbons (Fsp3) is 0.383. The van der Waals surface area contributed by atoms with Crippen molar-refractivity contribution < 1.29 is 4.74 Å². The maximum absolute atomic E-state index is 6.83. The number of benzene rings is 11. The summed E-state index contributed by atoms with van der Waals surface area (Å²) in [5.74, 6) is 14.7. The van der Waals surface area contributed by atoms with Gasteiger partial charge >= 0.3 is 0 Å². The van der Waals surface area contributed by atoms with Gasteiger partial charge in [-0.05, 0) is 345 Å². The summed E-state index contributed by atoms with van der Waals surface area (Å²) in [5.41, 5.74) is 30.2. The number of ether oxygens (including phenoxy) is 1. The van der Waals surface area contributed by atoms with Crippen LogP contribution in [0.2, 0.25) is 0 Å². The lowest BCUT2D eigenvalue weighted by atomic mass is 9.40. The molecule has 7 nitrogen and oxygen atoms in total. The van der Waals surface area contributed by atoms with Crippen molar-refractivity contribution in [1.82, 2.24) is 9.55 Å². The molecule has 0 amide bonds. The molecule has 16 aliphatic carbocycles. The molecule has 16 fully saturated rings. The van der Waals surface area contributed by atoms with E-state index in [0.717, 1.165) is 104 Å². The fourth-order valence-electron chi connectivity index (χ4n) is 31.4. The van der Waals surface area contributed by atoms with Gasteiger partial charge in [0.2, 0.25) is 0 Å². The molecule has 16 bridgehead atoms. The highest BCUT2D eigenvalue weighted by Gasteiger charge is 2.65. The van der Waals surface area contributed by atoms with E-state index < -0.39 is 0 Å². The quantitative estimate of drug-likeness (QED) is 0.0680. The number of rotatable bonds is 17. The van der Waals surface area contributed by atoms with E-state index in [1.807, 2.05) is 6.20 Å². The van der Waals surface area contributed by atoms with Crippen LogP contribution in [0.4, 0.5) is 39.8 Å². The van der Waals surface area contributed by atoms with Crippen molar-refractivity contribution in [2.24, 2.45) is 94.7 Å². The van der Waals surface area contributed by atoms with E-state index in [1.165, 1.54) is 178 Å². The second-order valence-corrected chi connectivity index (χ2v) is 41.9. The van der Waals surface area contributed by atoms with Gasteiger partial charge in [-0.25, -0.2) is 4.98 Å². The summed E-state index contributed by atoms with van der Waals surface area (Å²) in [6.45, 7) is 6.77. The summed E-state index contributed by atoms with van der Waals surface area (Å²) >= 11 is 0. The Morgan fingerprint density at radius 2 is 0.656 bits per heavy atom. The summed E-state index contributed by atoms with van der Waals surface area (Å²) in [4.78, 5) is 4.93. The van der Waals surface area contributed by atoms with Crippen LogP contribution in [0.1, 0.15) is 199 Å². The van der Waals surface area contributed by atoms with Gasteiger partial charge in [-0.1, -0.05) is 227 Å². The summed E-state index contributed by atoms with van der Waals surface area (Å²) < 4.78 is 9.12. The van der Waals surface area contributed by atoms with Crippen LogP contribution in [0.3, 0.4) is 0 Å². The highest BCUT2D eigenvalue weighted by atomic mass is 16.5. The molecule has 11 aromatic carbocycles. The van der Waals surface area contributed by atoms with Crippen LogP contribution in [0.15, 0.2) is 291 Å². The molecule has 2 aromatic heterocycles. The minimum Gasteiger partial charge on any atom is -0.457 e. The third kappa shape index (κ3) is 11.8. The first kappa shape index (κ1) is 75.1. The smallest absolute Gasteiger partial charge is 0.137 e. The lowest BCUT2D eigenvalue weighted by Crippen LogP contribution is -2.57. The number of nitrogens with two attached hydrogens (primary N) is 1. The fourth-order valence-corrected chi connectivity index (χ4v) is 31.4. The molecule has 16 aliphatic rings. The molecule has 13 aromatic rings. The number of hydrogen-bond donors (Lipinski definition) is 4. The van der Waals surface area contributed by atoms with Gasteiger partial charge < -0.3 is 26.4 Å². The van der Waals surface area contributed by atoms with E-state index in [1.54, 1.807) is 22.3 Å². The van der Waals surface area contributed by atoms with Gasteiger partial charge in [-0.15, -0.1) is 0 Å². The Labute approximate surface area is 722 Å². The number of aromatic nitrogens is 2. The maximum atomic E-state index is 6.83. The van der Waals surface area contributed by atoms with E-state index in [-0.39, 0.29) is 27.1 Å². The Balaban J connectivity index is 0.000000155. The van der Waals surface area contributed by atoms with E-state index in [4.69, 9.17) is 15.5 Å². The van der Waals surface area contributed by atoms with Crippen molar-refractivity contribution in [2.45, 2.75) is 176 Å². The second-order valence-electron chi connectivity index (χ2n) is 41.9. The van der Waals surface area contributed by atoms with Crippen LogP contribution in [-0.4, -0.2) is 9.55 Å². The lowest BCUT2D eigenvalue weighted by molar-refractivity contribution is -0.0442. The Bertz CT molecular complexity index is 5790. The van der Waals surface area contributed by atoms with Crippen LogP contribution < -0.4 is 26.4 Å². The average Bonchev–Trinajstić information content (AvgIpc) is 0.981. The number of nitrogen functional groups attached to an aromatic ring is 1. The largest absolute Gasteiger partial charge is 0.457 e. The van der Waals surface area contributed by atoms with Crippen molar-refractivity contribution >= 4 is 61.6 Å². The summed E-state index contributed by atoms with van der Waals surface area (Å²) in [6, 6.07) is 108. The van der Waals surface area contributed by atoms with Gasteiger partial charge in [0.1, 0.15) is 17.3 Å². The van der Waals surface area contributed by atoms with E-state index in [9.17, 15) is 0 Å². The topological polar surface area (TPSA) is 89.2 Å². The third-order valence-electron chi connectivity index (χ3n) is 34.9. The van der Waals surface area contributed by atoms with Crippen molar-refractivity contribution in [1.29, 1.82) is 0 Å². The van der Waals surface area contributed by atoms with Crippen LogP contribution in [0.5, 0.6) is 11.5 Å². The number of fused-ring (bicyclic) bond motifs is 3. The first-order valence-corrected chi connectivity index (χ1v) is 47.4. The van der Waals surface area contributed by atoms with Crippen molar-refractivity contribution in [2.75, 3.05) is 21.7 Å². The van der Waals surface area contributed by atoms with Crippen LogP contribution >= 0.6 is 0 Å². The Morgan fingerprint density at radius 3 is 1.07 bits per heavy atom. The van der Waals surface area contributed by atoms with Gasteiger partial charge in [-0.3, -0.25) is 4.57 Å². The maximum Gasteiger partial charge on any atom is 0.137 e. The molecule has 0 unspecified atom stereocenters. The molecular formula is C115H118N6O. The molecule has 5 N–H and O–H groups in total. The van der Waals surface area contributed by atoms with Gasteiger partial charge in [0, 0.05) is 67.8 Å². The Kier molecular flexibility index (Phi) is 18.0. The molecule has 0 aliphatic heterocycles. The van der Waals surface area contributed by atoms with Gasteiger partial charge in [0.15, 0.2) is 0 Å². The van der Waals surface area contributed by atoms with Gasteiger partial charge in [-0.2, -0.15) is 0 Å². The third-order valence-corrected chi connectivity index (χ3v) is 34.9. The molecule has 614 valence electrons. The van der Waals surface area contributed by atoms with Crippen molar-refractivity contribution in [3.05, 3.63) is 341 Å². The predicted molar refractivity (Wildman–Crippen MR) is 501 cm³/mol. The zero-order chi connectivity index (χ0) is 81.2. The zero-order valence-electron chi connectivity index (χ0n) is 71.5. The number of pyridine rings is 1. The SMILES string of the molecule is CC(C)(C)c1ccnc(-n2c3ccccc3c3ccc(Oc4cccc(Nc5ccccc5Nc5c(C6(c7ccccc7)C7CC8CC(C7)CC6C8)cccc5C5(c6ccccc6)C6CC7CC(C6)CC5C7)c4)cc32)c1.Nc1ccccc1Nc1c(C2(c3ccccc3)C3CC4CC(C3)CC2C4)cccc1C1(c2ccccc2)C2CC3CC(C2)CC1C3. The number of anilines is 7. The molecule has 0 saturated heterocycles. The number of nitrogens with zero attached hydrogens (tertiary/aromatic N) is 2. The molecule has 0 spiro atoms. The van der Waals surface area contributed by atoms with Gasteiger partial charge in [0.05, 0.1) is 33.8 Å². The lowest BCUT2D eigenvalue weighted by Gasteiger charge is -2.64. The molecule has 16 saturated carbocycles. The Morgan fingerprint density at radius 1 is 0.311 bits per heavy atom. The van der Waals surface area contributed by atoms with Crippen molar-refractivity contribution in [3.8, 4) is 17.3 Å². The minimum atomic E-state index is -0.0742. The molecule has 0 atom stereocenters. The molecule has 29 rings (SSSR count). The molecule has 2 heterocycles. The van der Waals surface area contributed by atoms with Crippen LogP contribution in [-0.2, 0) is 27.1 Å². The number of nitrogens with one attached hydrogen (secondary N) is 3. The monoisotopic (exact) mass is 1600 g/mol. The first-order chi connectivity index (χ1) is 59.8. The predicted octanol–water partition coefficient (Wildman–Crippen LogP) is 28.7. The molecule has 122 heavy (non-hydrogen) atoms. The second kappa shape index (κ2) is 29.3. The number of hydrogen-bond acceptors (Lipinski definition) is 6. The van der Waals surface area contributed by atoms with E-state index >= 15 is 0 Å². The highest BCUT2D eigenvalue weighted by molar-refractivity contribution is 6.09. The average molecular weight is 1600 g/mol. The van der Waals surface area contributed by atoms with Crippen LogP contribution in [0, 0.1) is 94.7 Å². The van der Waals surface area contributed by atoms with Gasteiger partial charge in [0.25, 0.3) is 0 Å². The molecular weight excluding hydrogens is 1480 g/mol. The molecule has 0 radical (unpaired) electrons. The van der Waals surface area contributed by atoms with Crippen molar-refractivity contribution in [3.63, 3.8) is 0 Å². The normalized spacial score (nSPS) is 31.9. The summed E-state index contributed by atoms with van der Waals surface area (Å²) in [7, 11) is 0. The summed E-state index contributed by atoms with van der Waals surface area (Å²) in [5, 5.41) is 15.0. The molecule has 7 heteroatoms. The summed E-state index contributed by atoms with van der Waals surface area (Å²) in [6.07, 6.45) is 29.4. The van der Waals surface area contributed by atoms with E-state index in [2.05, 4.69) is 326 Å². The van der Waals surface area contributed by atoms with E-state index in [0.29, 0.717) is 47.3 Å². The zero-order valence-corrected chi connectivity index (χ0v) is 71.5. The Hall–Kier alpha value is -10.6. The van der Waals surface area contributed by atoms with Crippen LogP contribution in [0.25, 0.3) is 27.6 Å². The standard InChI is InChI=1S/C71H70N4O.C44H48N2/c1-69(2,3)51-30-31-72-67(42-51)75-65-27-13-10-22-59(65)60-29-28-58(44-66(60)75)76-57-21-14-20-56(43-57)73-63-25-11-12-26-64(63)74-68-61(70(49-16-6-4-7-17-49)52-34-45-32-46(36-52)37-53(70)35-45)23-15-24-62(68)71(50-18-8-5-9-19-50)54-38-47-33-48(40-54)41-55(71)39-47;45-40-16-7-8-17-41(40)46-42-38(43(32-10-3-1-4-11-32)34-20-28-18-29(22-34)23-35(43)21-28)14-9-15-39(42)44(33-12-5-2-6-13-33)36-24-30-19-31(26-36)27-37(44)25-30/h4-31,42-48,52-55,73-74H,32-41H2,1-3H3;1-17,28-31,34-37,46H,18-27,45H2. The minimum absolute atomic E-state index is 0.00709. The highest BCUT2D eigenvalue weighted by Crippen LogP contribution is 2.73. The number of para-hydroxylation sites is 7.